The van der Waals surface area contributed by atoms with E-state index in [9.17, 15) is 14.4 Å². The molecule has 0 saturated heterocycles. The molecular formula is C20H19N3O5. The van der Waals surface area contributed by atoms with E-state index in [0.717, 1.165) is 5.52 Å². The Kier molecular flexibility index (Phi) is 4.38. The highest BCUT2D eigenvalue weighted by molar-refractivity contribution is 6.04. The molecule has 0 unspecified atom stereocenters. The summed E-state index contributed by atoms with van der Waals surface area (Å²) in [5.41, 5.74) is 1.85. The van der Waals surface area contributed by atoms with Crippen LogP contribution in [0.1, 0.15) is 24.2 Å². The number of aromatic nitrogens is 2. The number of ether oxygens (including phenoxy) is 2. The van der Waals surface area contributed by atoms with Gasteiger partial charge in [0.25, 0.3) is 0 Å². The quantitative estimate of drug-likeness (QED) is 0.685. The molecule has 0 bridgehead atoms. The highest BCUT2D eigenvalue weighted by atomic mass is 16.7. The zero-order valence-corrected chi connectivity index (χ0v) is 15.5. The fraction of sp³-hybridized carbons (Fsp3) is 0.250. The number of hydrogen-bond acceptors (Lipinski definition) is 5. The van der Waals surface area contributed by atoms with Crippen molar-refractivity contribution in [1.82, 2.24) is 9.13 Å². The van der Waals surface area contributed by atoms with Crippen LogP contribution in [0, 0.1) is 0 Å². The summed E-state index contributed by atoms with van der Waals surface area (Å²) in [6.07, 6.45) is 0. The summed E-state index contributed by atoms with van der Waals surface area (Å²) in [6.45, 7) is 3.69. The highest BCUT2D eigenvalue weighted by Gasteiger charge is 2.21. The number of carbonyl (C=O) groups is 2. The summed E-state index contributed by atoms with van der Waals surface area (Å²) in [5, 5.41) is 2.72. The molecule has 0 saturated carbocycles. The van der Waals surface area contributed by atoms with Gasteiger partial charge in [0.05, 0.1) is 16.7 Å². The Morgan fingerprint density at radius 2 is 1.71 bits per heavy atom. The number of ketones is 1. The number of benzene rings is 2. The van der Waals surface area contributed by atoms with Crippen LogP contribution in [-0.2, 0) is 17.9 Å². The third-order valence-corrected chi connectivity index (χ3v) is 4.71. The second-order valence-corrected chi connectivity index (χ2v) is 6.46. The Labute approximate surface area is 160 Å². The first kappa shape index (κ1) is 17.8. The number of imidazole rings is 1. The van der Waals surface area contributed by atoms with E-state index < -0.39 is 5.91 Å². The maximum absolute atomic E-state index is 12.7. The topological polar surface area (TPSA) is 91.6 Å². The van der Waals surface area contributed by atoms with Gasteiger partial charge in [-0.3, -0.25) is 18.7 Å². The van der Waals surface area contributed by atoms with Crippen LogP contribution in [0.4, 0.5) is 5.69 Å². The largest absolute Gasteiger partial charge is 0.454 e. The van der Waals surface area contributed by atoms with E-state index in [-0.39, 0.29) is 24.8 Å². The number of amides is 1. The smallest absolute Gasteiger partial charge is 0.329 e. The number of hydrogen-bond donors (Lipinski definition) is 1. The van der Waals surface area contributed by atoms with Crippen molar-refractivity contribution in [3.05, 3.63) is 52.4 Å². The van der Waals surface area contributed by atoms with Crippen LogP contribution in [0.15, 0.2) is 41.2 Å². The van der Waals surface area contributed by atoms with Gasteiger partial charge in [-0.2, -0.15) is 0 Å². The summed E-state index contributed by atoms with van der Waals surface area (Å²) in [7, 11) is 0. The first-order chi connectivity index (χ1) is 13.5. The van der Waals surface area contributed by atoms with Crippen molar-refractivity contribution in [2.75, 3.05) is 12.1 Å². The van der Waals surface area contributed by atoms with Gasteiger partial charge in [-0.1, -0.05) is 12.1 Å². The van der Waals surface area contributed by atoms with Crippen molar-refractivity contribution >= 4 is 28.4 Å². The molecule has 1 amide bonds. The predicted molar refractivity (Wildman–Crippen MR) is 103 cm³/mol. The van der Waals surface area contributed by atoms with E-state index in [1.165, 1.54) is 11.5 Å². The summed E-state index contributed by atoms with van der Waals surface area (Å²) in [5.74, 6) is 0.293. The number of nitrogens with one attached hydrogen (secondary N) is 1. The molecular weight excluding hydrogens is 362 g/mol. The van der Waals surface area contributed by atoms with Crippen molar-refractivity contribution in [2.24, 2.45) is 0 Å². The van der Waals surface area contributed by atoms with Gasteiger partial charge in [0.2, 0.25) is 12.7 Å². The van der Waals surface area contributed by atoms with E-state index in [4.69, 9.17) is 9.47 Å². The third kappa shape index (κ3) is 2.92. The minimum atomic E-state index is -0.414. The number of anilines is 1. The lowest BCUT2D eigenvalue weighted by atomic mass is 10.1. The highest BCUT2D eigenvalue weighted by Crippen LogP contribution is 2.37. The fourth-order valence-electron chi connectivity index (χ4n) is 3.40. The number of fused-ring (bicyclic) bond motifs is 2. The first-order valence-corrected chi connectivity index (χ1v) is 8.92. The minimum Gasteiger partial charge on any atom is -0.454 e. The zero-order valence-electron chi connectivity index (χ0n) is 15.5. The lowest BCUT2D eigenvalue weighted by molar-refractivity contribution is -0.116. The molecule has 2 aromatic carbocycles. The molecule has 0 spiro atoms. The van der Waals surface area contributed by atoms with Crippen LogP contribution >= 0.6 is 0 Å². The molecule has 3 aromatic rings. The SMILES string of the molecule is CCn1c(=O)n(CC(=O)Nc2cc3c(cc2C(C)=O)OCO3)c2ccccc21. The summed E-state index contributed by atoms with van der Waals surface area (Å²) < 4.78 is 13.7. The molecule has 0 radical (unpaired) electrons. The van der Waals surface area contributed by atoms with Gasteiger partial charge in [0, 0.05) is 18.2 Å². The van der Waals surface area contributed by atoms with E-state index in [0.29, 0.717) is 34.8 Å². The number of aryl methyl sites for hydroxylation is 1. The fourth-order valence-corrected chi connectivity index (χ4v) is 3.40. The maximum Gasteiger partial charge on any atom is 0.329 e. The van der Waals surface area contributed by atoms with Crippen LogP contribution in [-0.4, -0.2) is 27.6 Å². The standard InChI is InChI=1S/C20H19N3O5/c1-3-22-15-6-4-5-7-16(15)23(20(22)26)10-19(25)21-14-9-18-17(27-11-28-18)8-13(14)12(2)24/h4-9H,3,10-11H2,1-2H3,(H,21,25). The summed E-state index contributed by atoms with van der Waals surface area (Å²) in [4.78, 5) is 37.3. The van der Waals surface area contributed by atoms with Crippen molar-refractivity contribution < 1.29 is 19.1 Å². The van der Waals surface area contributed by atoms with Gasteiger partial charge in [-0.25, -0.2) is 4.79 Å². The average Bonchev–Trinajstić information content (AvgIpc) is 3.23. The van der Waals surface area contributed by atoms with Gasteiger partial charge in [-0.15, -0.1) is 0 Å². The summed E-state index contributed by atoms with van der Waals surface area (Å²) >= 11 is 0. The Hall–Kier alpha value is -3.55. The molecule has 0 atom stereocenters. The molecule has 4 rings (SSSR count). The van der Waals surface area contributed by atoms with Gasteiger partial charge < -0.3 is 14.8 Å². The number of Topliss-reactive ketones (excluding diaryl/α,β-unsaturated/α-hetero) is 1. The molecule has 144 valence electrons. The normalized spacial score (nSPS) is 12.4. The Morgan fingerprint density at radius 1 is 1.07 bits per heavy atom. The van der Waals surface area contributed by atoms with E-state index in [2.05, 4.69) is 5.32 Å². The van der Waals surface area contributed by atoms with Gasteiger partial charge >= 0.3 is 5.69 Å². The van der Waals surface area contributed by atoms with Crippen LogP contribution in [0.3, 0.4) is 0 Å². The molecule has 0 fully saturated rings. The average molecular weight is 381 g/mol. The van der Waals surface area contributed by atoms with Crippen LogP contribution in [0.5, 0.6) is 11.5 Å². The molecule has 1 aliphatic rings. The zero-order chi connectivity index (χ0) is 19.8. The number of para-hydroxylation sites is 2. The lowest BCUT2D eigenvalue weighted by Gasteiger charge is -2.11. The number of nitrogens with zero attached hydrogens (tertiary/aromatic N) is 2. The Balaban J connectivity index is 1.66. The van der Waals surface area contributed by atoms with E-state index >= 15 is 0 Å². The van der Waals surface area contributed by atoms with Gasteiger partial charge in [-0.05, 0) is 32.0 Å². The third-order valence-electron chi connectivity index (χ3n) is 4.71. The second-order valence-electron chi connectivity index (χ2n) is 6.46. The number of rotatable bonds is 5. The molecule has 8 heteroatoms. The van der Waals surface area contributed by atoms with Crippen LogP contribution in [0.25, 0.3) is 11.0 Å². The monoisotopic (exact) mass is 381 g/mol. The van der Waals surface area contributed by atoms with Crippen LogP contribution in [0.2, 0.25) is 0 Å². The summed E-state index contributed by atoms with van der Waals surface area (Å²) in [6, 6.07) is 10.4. The first-order valence-electron chi connectivity index (χ1n) is 8.92. The van der Waals surface area contributed by atoms with Crippen molar-refractivity contribution in [1.29, 1.82) is 0 Å². The molecule has 0 aliphatic carbocycles. The molecule has 8 nitrogen and oxygen atoms in total. The Morgan fingerprint density at radius 3 is 2.36 bits per heavy atom. The van der Waals surface area contributed by atoms with E-state index in [1.54, 1.807) is 22.8 Å². The molecule has 1 aromatic heterocycles. The second kappa shape index (κ2) is 6.88. The molecule has 2 heterocycles. The molecule has 1 N–H and O–H groups in total. The lowest BCUT2D eigenvalue weighted by Crippen LogP contribution is -2.29. The van der Waals surface area contributed by atoms with Crippen molar-refractivity contribution in [2.45, 2.75) is 26.9 Å². The predicted octanol–water partition coefficient (Wildman–Crippen LogP) is 2.39. The maximum atomic E-state index is 12.7. The van der Waals surface area contributed by atoms with E-state index in [1.807, 2.05) is 25.1 Å². The van der Waals surface area contributed by atoms with Gasteiger partial charge in [0.15, 0.2) is 17.3 Å². The molecule has 28 heavy (non-hydrogen) atoms. The van der Waals surface area contributed by atoms with Crippen molar-refractivity contribution in [3.63, 3.8) is 0 Å². The Bertz CT molecular complexity index is 1160. The number of carbonyl (C=O) groups excluding carboxylic acids is 2. The minimum absolute atomic E-state index is 0.0655. The van der Waals surface area contributed by atoms with Crippen molar-refractivity contribution in [3.8, 4) is 11.5 Å². The van der Waals surface area contributed by atoms with Crippen LogP contribution < -0.4 is 20.5 Å². The van der Waals surface area contributed by atoms with Gasteiger partial charge in [0.1, 0.15) is 6.54 Å². The molecule has 1 aliphatic heterocycles.